The van der Waals surface area contributed by atoms with Gasteiger partial charge >= 0.3 is 0 Å². The Bertz CT molecular complexity index is 658. The molecule has 2 rings (SSSR count). The molecular formula is C18H30ClN3O4S. The van der Waals surface area contributed by atoms with Crippen molar-refractivity contribution < 1.29 is 17.9 Å². The largest absolute Gasteiger partial charge is 0.383 e. The van der Waals surface area contributed by atoms with E-state index >= 15 is 0 Å². The van der Waals surface area contributed by atoms with Gasteiger partial charge in [0.15, 0.2) is 0 Å². The Balaban J connectivity index is 0.00000364. The second kappa shape index (κ2) is 12.3. The van der Waals surface area contributed by atoms with Crippen LogP contribution in [0, 0.1) is 5.92 Å². The third-order valence-corrected chi connectivity index (χ3v) is 6.24. The number of sulfonamides is 1. The third kappa shape index (κ3) is 8.15. The summed E-state index contributed by atoms with van der Waals surface area (Å²) in [5, 5.41) is 6.05. The molecule has 7 nitrogen and oxygen atoms in total. The Morgan fingerprint density at radius 3 is 2.67 bits per heavy atom. The lowest BCUT2D eigenvalue weighted by molar-refractivity contribution is -0.126. The molecule has 0 bridgehead atoms. The number of carbonyl (C=O) groups excluding carboxylic acids is 1. The van der Waals surface area contributed by atoms with Crippen LogP contribution in [0.25, 0.3) is 0 Å². The van der Waals surface area contributed by atoms with Gasteiger partial charge in [-0.3, -0.25) is 4.79 Å². The molecule has 0 aliphatic carbocycles. The van der Waals surface area contributed by atoms with Crippen molar-refractivity contribution in [2.24, 2.45) is 5.92 Å². The number of amides is 1. The monoisotopic (exact) mass is 419 g/mol. The quantitative estimate of drug-likeness (QED) is 0.552. The van der Waals surface area contributed by atoms with E-state index in [0.717, 1.165) is 18.5 Å². The average Bonchev–Trinajstić information content (AvgIpc) is 2.65. The molecule has 0 saturated carbocycles. The van der Waals surface area contributed by atoms with E-state index in [1.54, 1.807) is 7.11 Å². The zero-order valence-corrected chi connectivity index (χ0v) is 17.4. The topological polar surface area (TPSA) is 87.7 Å². The first kappa shape index (κ1) is 23.8. The summed E-state index contributed by atoms with van der Waals surface area (Å²) in [5.74, 6) is -0.377. The lowest BCUT2D eigenvalue weighted by Gasteiger charge is -2.31. The summed E-state index contributed by atoms with van der Waals surface area (Å²) in [6.07, 6.45) is 1.43. The van der Waals surface area contributed by atoms with E-state index in [2.05, 4.69) is 10.6 Å². The molecule has 27 heavy (non-hydrogen) atoms. The molecule has 1 amide bonds. The number of carbonyl (C=O) groups is 1. The molecule has 1 fully saturated rings. The van der Waals surface area contributed by atoms with E-state index < -0.39 is 10.0 Å². The van der Waals surface area contributed by atoms with E-state index in [0.29, 0.717) is 32.7 Å². The maximum Gasteiger partial charge on any atom is 0.224 e. The first-order valence-corrected chi connectivity index (χ1v) is 10.6. The normalized spacial score (nSPS) is 17.9. The Morgan fingerprint density at radius 1 is 1.22 bits per heavy atom. The summed E-state index contributed by atoms with van der Waals surface area (Å²) in [4.78, 5) is 12.3. The van der Waals surface area contributed by atoms with Gasteiger partial charge in [-0.15, -0.1) is 12.4 Å². The van der Waals surface area contributed by atoms with Gasteiger partial charge in [-0.25, -0.2) is 12.7 Å². The first-order chi connectivity index (χ1) is 12.5. The minimum Gasteiger partial charge on any atom is -0.383 e. The van der Waals surface area contributed by atoms with Crippen LogP contribution in [-0.4, -0.2) is 65.1 Å². The van der Waals surface area contributed by atoms with Gasteiger partial charge in [0.2, 0.25) is 15.9 Å². The van der Waals surface area contributed by atoms with Crippen molar-refractivity contribution in [1.82, 2.24) is 14.9 Å². The Kier molecular flexibility index (Phi) is 10.9. The van der Waals surface area contributed by atoms with Crippen molar-refractivity contribution in [3.05, 3.63) is 35.9 Å². The van der Waals surface area contributed by atoms with Gasteiger partial charge < -0.3 is 15.4 Å². The smallest absolute Gasteiger partial charge is 0.224 e. The standard InChI is InChI=1S/C18H29N3O4S.ClH/c1-25-13-11-19-9-10-20-18(22)17-8-5-12-21(14-17)26(23,24)15-16-6-3-2-4-7-16;/h2-4,6-7,17,19H,5,8-15H2,1H3,(H,20,22);1H. The lowest BCUT2D eigenvalue weighted by atomic mass is 9.99. The van der Waals surface area contributed by atoms with Gasteiger partial charge in [0.05, 0.1) is 18.3 Å². The number of hydrogen-bond acceptors (Lipinski definition) is 5. The highest BCUT2D eigenvalue weighted by Gasteiger charge is 2.32. The summed E-state index contributed by atoms with van der Waals surface area (Å²) in [7, 11) is -1.77. The van der Waals surface area contributed by atoms with E-state index in [9.17, 15) is 13.2 Å². The fourth-order valence-electron chi connectivity index (χ4n) is 3.00. The molecule has 1 aromatic carbocycles. The average molecular weight is 420 g/mol. The number of methoxy groups -OCH3 is 1. The second-order valence-corrected chi connectivity index (χ2v) is 8.44. The highest BCUT2D eigenvalue weighted by Crippen LogP contribution is 2.21. The van der Waals surface area contributed by atoms with Gasteiger partial charge in [0.1, 0.15) is 0 Å². The first-order valence-electron chi connectivity index (χ1n) is 9.02. The van der Waals surface area contributed by atoms with E-state index in [1.165, 1.54) is 4.31 Å². The van der Waals surface area contributed by atoms with Gasteiger partial charge in [-0.05, 0) is 18.4 Å². The predicted molar refractivity (Wildman–Crippen MR) is 108 cm³/mol. The van der Waals surface area contributed by atoms with Crippen LogP contribution in [0.2, 0.25) is 0 Å². The number of piperidine rings is 1. The molecule has 1 aromatic rings. The SMILES string of the molecule is COCCNCCNC(=O)C1CCCN(S(=O)(=O)Cc2ccccc2)C1.Cl. The van der Waals surface area contributed by atoms with Gasteiger partial charge in [0.25, 0.3) is 0 Å². The molecule has 2 N–H and O–H groups in total. The van der Waals surface area contributed by atoms with Crippen molar-refractivity contribution in [3.63, 3.8) is 0 Å². The minimum absolute atomic E-state index is 0. The molecule has 1 aliphatic rings. The lowest BCUT2D eigenvalue weighted by Crippen LogP contribution is -2.46. The number of hydrogen-bond donors (Lipinski definition) is 2. The van der Waals surface area contributed by atoms with Crippen LogP contribution in [-0.2, 0) is 25.3 Å². The highest BCUT2D eigenvalue weighted by atomic mass is 35.5. The maximum absolute atomic E-state index is 12.7. The number of nitrogens with zero attached hydrogens (tertiary/aromatic N) is 1. The highest BCUT2D eigenvalue weighted by molar-refractivity contribution is 7.88. The zero-order valence-electron chi connectivity index (χ0n) is 15.7. The maximum atomic E-state index is 12.7. The molecule has 0 aromatic heterocycles. The summed E-state index contributed by atoms with van der Waals surface area (Å²) in [6, 6.07) is 9.14. The van der Waals surface area contributed by atoms with Crippen LogP contribution < -0.4 is 10.6 Å². The predicted octanol–water partition coefficient (Wildman–Crippen LogP) is 1.00. The molecule has 154 valence electrons. The van der Waals surface area contributed by atoms with Gasteiger partial charge in [0, 0.05) is 39.8 Å². The molecule has 0 spiro atoms. The molecule has 0 radical (unpaired) electrons. The van der Waals surface area contributed by atoms with Crippen molar-refractivity contribution in [1.29, 1.82) is 0 Å². The number of halogens is 1. The van der Waals surface area contributed by atoms with Gasteiger partial charge in [-0.1, -0.05) is 30.3 Å². The zero-order chi connectivity index (χ0) is 18.8. The van der Waals surface area contributed by atoms with Crippen molar-refractivity contribution in [2.75, 3.05) is 46.4 Å². The Hall–Kier alpha value is -1.19. The minimum atomic E-state index is -3.41. The number of benzene rings is 1. The van der Waals surface area contributed by atoms with Crippen LogP contribution in [0.5, 0.6) is 0 Å². The molecule has 9 heteroatoms. The summed E-state index contributed by atoms with van der Waals surface area (Å²) < 4.78 is 31.7. The Labute approximate surface area is 168 Å². The summed E-state index contributed by atoms with van der Waals surface area (Å²) >= 11 is 0. The van der Waals surface area contributed by atoms with Gasteiger partial charge in [-0.2, -0.15) is 0 Å². The fourth-order valence-corrected chi connectivity index (χ4v) is 4.61. The van der Waals surface area contributed by atoms with E-state index in [-0.39, 0.29) is 36.5 Å². The number of rotatable bonds is 10. The van der Waals surface area contributed by atoms with Crippen molar-refractivity contribution in [3.8, 4) is 0 Å². The van der Waals surface area contributed by atoms with Crippen LogP contribution in [0.15, 0.2) is 30.3 Å². The third-order valence-electron chi connectivity index (χ3n) is 4.42. The summed E-state index contributed by atoms with van der Waals surface area (Å²) in [5.41, 5.74) is 0.765. The fraction of sp³-hybridized carbons (Fsp3) is 0.611. The molecule has 1 aliphatic heterocycles. The molecule has 1 unspecified atom stereocenters. The van der Waals surface area contributed by atoms with Crippen LogP contribution in [0.1, 0.15) is 18.4 Å². The van der Waals surface area contributed by atoms with E-state index in [4.69, 9.17) is 4.74 Å². The second-order valence-electron chi connectivity index (χ2n) is 6.47. The summed E-state index contributed by atoms with van der Waals surface area (Å²) in [6.45, 7) is 3.30. The number of nitrogens with one attached hydrogen (secondary N) is 2. The van der Waals surface area contributed by atoms with Crippen LogP contribution in [0.3, 0.4) is 0 Å². The van der Waals surface area contributed by atoms with Crippen LogP contribution >= 0.6 is 12.4 Å². The molecule has 1 heterocycles. The number of ether oxygens (including phenoxy) is 1. The van der Waals surface area contributed by atoms with Crippen LogP contribution in [0.4, 0.5) is 0 Å². The van der Waals surface area contributed by atoms with Crippen molar-refractivity contribution >= 4 is 28.3 Å². The van der Waals surface area contributed by atoms with E-state index in [1.807, 2.05) is 30.3 Å². The molecular weight excluding hydrogens is 390 g/mol. The van der Waals surface area contributed by atoms with Crippen molar-refractivity contribution in [2.45, 2.75) is 18.6 Å². The Morgan fingerprint density at radius 2 is 1.96 bits per heavy atom. The molecule has 1 atom stereocenters. The molecule has 1 saturated heterocycles.